The minimum Gasteiger partial charge on any atom is -0.477 e. The van der Waals surface area contributed by atoms with E-state index >= 15 is 0 Å². The van der Waals surface area contributed by atoms with Crippen molar-refractivity contribution in [2.75, 3.05) is 20.3 Å². The Balaban J connectivity index is 2.18. The summed E-state index contributed by atoms with van der Waals surface area (Å²) in [6.07, 6.45) is 0. The average molecular weight is 350 g/mol. The summed E-state index contributed by atoms with van der Waals surface area (Å²) >= 11 is 7.20. The quantitative estimate of drug-likeness (QED) is 0.814. The van der Waals surface area contributed by atoms with Gasteiger partial charge in [-0.3, -0.25) is 4.31 Å². The highest BCUT2D eigenvalue weighted by Gasteiger charge is 2.55. The second-order valence-electron chi connectivity index (χ2n) is 4.76. The van der Waals surface area contributed by atoms with Crippen LogP contribution in [0.25, 0.3) is 0 Å². The molecular weight excluding hydrogens is 338 g/mol. The second-order valence-corrected chi connectivity index (χ2v) is 7.89. The number of aromatic carboxylic acids is 1. The highest BCUT2D eigenvalue weighted by Crippen LogP contribution is 2.47. The van der Waals surface area contributed by atoms with Crippen LogP contribution < -0.4 is 5.73 Å². The largest absolute Gasteiger partial charge is 0.477 e. The number of halogens is 1. The van der Waals surface area contributed by atoms with Crippen molar-refractivity contribution < 1.29 is 18.8 Å². The molecule has 0 aliphatic carbocycles. The van der Waals surface area contributed by atoms with E-state index in [1.165, 1.54) is 10.4 Å². The van der Waals surface area contributed by atoms with Crippen LogP contribution in [0.1, 0.15) is 14.5 Å². The molecular formula is C11H12ClN3O4S2. The third-order valence-corrected chi connectivity index (χ3v) is 7.00. The van der Waals surface area contributed by atoms with E-state index in [4.69, 9.17) is 27.2 Å². The van der Waals surface area contributed by atoms with Crippen molar-refractivity contribution in [3.05, 3.63) is 20.8 Å². The zero-order valence-corrected chi connectivity index (χ0v) is 13.3. The molecule has 1 aromatic rings. The van der Waals surface area contributed by atoms with Crippen molar-refractivity contribution in [3.8, 4) is 0 Å². The Kier molecular flexibility index (Phi) is 3.47. The van der Waals surface area contributed by atoms with Gasteiger partial charge in [0, 0.05) is 7.05 Å². The molecule has 7 nitrogen and oxygen atoms in total. The van der Waals surface area contributed by atoms with E-state index < -0.39 is 27.7 Å². The first kappa shape index (κ1) is 14.8. The Morgan fingerprint density at radius 2 is 2.48 bits per heavy atom. The van der Waals surface area contributed by atoms with Crippen molar-refractivity contribution in [2.45, 2.75) is 10.8 Å². The van der Waals surface area contributed by atoms with Gasteiger partial charge in [0.25, 0.3) is 0 Å². The monoisotopic (exact) mass is 349 g/mol. The molecule has 0 bridgehead atoms. The molecule has 3 heterocycles. The third kappa shape index (κ3) is 2.07. The lowest BCUT2D eigenvalue weighted by Crippen LogP contribution is -2.53. The number of hydrogen-bond donors (Lipinski definition) is 2. The zero-order valence-electron chi connectivity index (χ0n) is 10.9. The van der Waals surface area contributed by atoms with Crippen LogP contribution in [-0.4, -0.2) is 51.1 Å². The molecule has 21 heavy (non-hydrogen) atoms. The fraction of sp³-hybridized carbons (Fsp3) is 0.455. The SMILES string of the molecule is CN1C(N)=NC2(c3sc(C(=O)O)cc3Cl)COCC2S1=O. The second kappa shape index (κ2) is 4.94. The lowest BCUT2D eigenvalue weighted by molar-refractivity contribution is 0.0702. The van der Waals surface area contributed by atoms with Gasteiger partial charge >= 0.3 is 5.97 Å². The maximum Gasteiger partial charge on any atom is 0.345 e. The number of fused-ring (bicyclic) bond motifs is 1. The van der Waals surface area contributed by atoms with E-state index in [9.17, 15) is 9.00 Å². The maximum absolute atomic E-state index is 12.5. The number of ether oxygens (including phenoxy) is 1. The number of thiophene rings is 1. The van der Waals surface area contributed by atoms with Gasteiger partial charge in [0.15, 0.2) is 0 Å². The summed E-state index contributed by atoms with van der Waals surface area (Å²) in [5.74, 6) is -0.942. The van der Waals surface area contributed by atoms with E-state index in [0.717, 1.165) is 11.3 Å². The van der Waals surface area contributed by atoms with Gasteiger partial charge in [0.05, 0.1) is 23.1 Å². The summed E-state index contributed by atoms with van der Waals surface area (Å²) in [7, 11) is 0.176. The van der Waals surface area contributed by atoms with Gasteiger partial charge in [-0.2, -0.15) is 0 Å². The fourth-order valence-electron chi connectivity index (χ4n) is 2.47. The van der Waals surface area contributed by atoms with Gasteiger partial charge in [0.1, 0.15) is 26.7 Å². The smallest absolute Gasteiger partial charge is 0.345 e. The number of carbonyl (C=O) groups is 1. The zero-order chi connectivity index (χ0) is 15.4. The summed E-state index contributed by atoms with van der Waals surface area (Å²) in [6.45, 7) is 0.432. The molecule has 114 valence electrons. The molecule has 0 saturated carbocycles. The summed E-state index contributed by atoms with van der Waals surface area (Å²) in [5.41, 5.74) is 4.86. The molecule has 0 aromatic carbocycles. The molecule has 10 heteroatoms. The Bertz CT molecular complexity index is 676. The van der Waals surface area contributed by atoms with E-state index in [0.29, 0.717) is 4.88 Å². The lowest BCUT2D eigenvalue weighted by Gasteiger charge is -2.36. The molecule has 1 fully saturated rings. The molecule has 3 rings (SSSR count). The third-order valence-electron chi connectivity index (χ3n) is 3.56. The first-order chi connectivity index (χ1) is 9.86. The number of rotatable bonds is 2. The number of carboxylic acid groups (broad SMARTS) is 1. The number of carboxylic acids is 1. The highest BCUT2D eigenvalue weighted by atomic mass is 35.5. The average Bonchev–Trinajstić information content (AvgIpc) is 3.00. The van der Waals surface area contributed by atoms with Gasteiger partial charge in [-0.1, -0.05) is 11.6 Å². The molecule has 0 amide bonds. The molecule has 3 N–H and O–H groups in total. The Hall–Kier alpha value is -1.16. The normalized spacial score (nSPS) is 31.9. The minimum absolute atomic E-state index is 0.105. The van der Waals surface area contributed by atoms with Crippen LogP contribution in [0.2, 0.25) is 5.02 Å². The molecule has 2 aliphatic heterocycles. The predicted molar refractivity (Wildman–Crippen MR) is 80.1 cm³/mol. The maximum atomic E-state index is 12.5. The predicted octanol–water partition coefficient (Wildman–Crippen LogP) is 0.618. The minimum atomic E-state index is -1.42. The molecule has 3 atom stereocenters. The van der Waals surface area contributed by atoms with Crippen LogP contribution in [0.15, 0.2) is 11.1 Å². The number of hydrogen-bond acceptors (Lipinski definition) is 6. The fourth-order valence-corrected chi connectivity index (χ4v) is 5.45. The van der Waals surface area contributed by atoms with E-state index in [1.54, 1.807) is 7.05 Å². The topological polar surface area (TPSA) is 105 Å². The molecule has 1 saturated heterocycles. The van der Waals surface area contributed by atoms with Gasteiger partial charge < -0.3 is 15.6 Å². The van der Waals surface area contributed by atoms with Gasteiger partial charge in [-0.25, -0.2) is 14.0 Å². The molecule has 0 radical (unpaired) electrons. The Labute approximate surface area is 131 Å². The number of nitrogens with zero attached hydrogens (tertiary/aromatic N) is 2. The van der Waals surface area contributed by atoms with Gasteiger partial charge in [-0.05, 0) is 6.07 Å². The Morgan fingerprint density at radius 1 is 1.76 bits per heavy atom. The summed E-state index contributed by atoms with van der Waals surface area (Å²) in [5, 5.41) is 8.94. The van der Waals surface area contributed by atoms with Crippen LogP contribution in [0, 0.1) is 0 Å². The summed E-state index contributed by atoms with van der Waals surface area (Å²) in [4.78, 5) is 16.2. The van der Waals surface area contributed by atoms with E-state index in [-0.39, 0.29) is 29.1 Å². The summed E-state index contributed by atoms with van der Waals surface area (Å²) in [6, 6.07) is 1.38. The van der Waals surface area contributed by atoms with Crippen LogP contribution >= 0.6 is 22.9 Å². The molecule has 1 aromatic heterocycles. The van der Waals surface area contributed by atoms with Crippen molar-refractivity contribution >= 4 is 45.9 Å². The standard InChI is InChI=1S/C11H12ClN3O4S2/c1-15-10(13)14-11(4-19-3-7(11)21(15)18)8-5(12)2-6(20-8)9(16)17/h2,7H,3-4H2,1H3,(H2,13,14)(H,16,17). The van der Waals surface area contributed by atoms with Crippen LogP contribution in [0.3, 0.4) is 0 Å². The highest BCUT2D eigenvalue weighted by molar-refractivity contribution is 7.84. The van der Waals surface area contributed by atoms with Crippen molar-refractivity contribution in [1.29, 1.82) is 0 Å². The van der Waals surface area contributed by atoms with E-state index in [1.807, 2.05) is 0 Å². The molecule has 0 spiro atoms. The number of aliphatic imine (C=N–C) groups is 1. The first-order valence-electron chi connectivity index (χ1n) is 5.97. The Morgan fingerprint density at radius 3 is 3.10 bits per heavy atom. The number of guanidine groups is 1. The van der Waals surface area contributed by atoms with Crippen LogP contribution in [0.5, 0.6) is 0 Å². The number of nitrogens with two attached hydrogens (primary N) is 1. The van der Waals surface area contributed by atoms with Crippen LogP contribution in [-0.2, 0) is 21.3 Å². The van der Waals surface area contributed by atoms with Crippen LogP contribution in [0.4, 0.5) is 0 Å². The molecule has 2 aliphatic rings. The molecule has 3 unspecified atom stereocenters. The lowest BCUT2D eigenvalue weighted by atomic mass is 9.96. The first-order valence-corrected chi connectivity index (χ1v) is 8.34. The van der Waals surface area contributed by atoms with Gasteiger partial charge in [0.2, 0.25) is 5.96 Å². The van der Waals surface area contributed by atoms with Crippen molar-refractivity contribution in [3.63, 3.8) is 0 Å². The van der Waals surface area contributed by atoms with Crippen molar-refractivity contribution in [2.24, 2.45) is 10.7 Å². The van der Waals surface area contributed by atoms with Crippen molar-refractivity contribution in [1.82, 2.24) is 4.31 Å². The van der Waals surface area contributed by atoms with E-state index in [2.05, 4.69) is 4.99 Å². The summed E-state index contributed by atoms with van der Waals surface area (Å²) < 4.78 is 19.3. The van der Waals surface area contributed by atoms with Gasteiger partial charge in [-0.15, -0.1) is 11.3 Å².